The highest BCUT2D eigenvalue weighted by atomic mass is 16.5. The van der Waals surface area contributed by atoms with Crippen LogP contribution in [0.2, 0.25) is 0 Å². The van der Waals surface area contributed by atoms with Gasteiger partial charge in [0.25, 0.3) is 11.8 Å². The number of nitrogens with one attached hydrogen (secondary N) is 2. The summed E-state index contributed by atoms with van der Waals surface area (Å²) in [6.45, 7) is 0.706. The summed E-state index contributed by atoms with van der Waals surface area (Å²) in [4.78, 5) is 37.3. The van der Waals surface area contributed by atoms with Gasteiger partial charge in [-0.15, -0.1) is 0 Å². The molecule has 0 spiro atoms. The van der Waals surface area contributed by atoms with Crippen molar-refractivity contribution in [1.82, 2.24) is 15.8 Å². The second-order valence-corrected chi connectivity index (χ2v) is 7.26. The van der Waals surface area contributed by atoms with E-state index in [1.54, 1.807) is 24.3 Å². The number of hydrogen-bond donors (Lipinski definition) is 2. The van der Waals surface area contributed by atoms with Gasteiger partial charge in [-0.25, -0.2) is 0 Å². The first-order valence-corrected chi connectivity index (χ1v) is 10.4. The second-order valence-electron chi connectivity index (χ2n) is 7.26. The van der Waals surface area contributed by atoms with Gasteiger partial charge in [-0.3, -0.25) is 25.2 Å². The summed E-state index contributed by atoms with van der Waals surface area (Å²) in [5, 5.41) is 0. The van der Waals surface area contributed by atoms with Crippen LogP contribution in [0.5, 0.6) is 11.5 Å². The fourth-order valence-electron chi connectivity index (χ4n) is 3.12. The largest absolute Gasteiger partial charge is 0.489 e. The number of hydrazine groups is 1. The highest BCUT2D eigenvalue weighted by Gasteiger charge is 2.19. The Kier molecular flexibility index (Phi) is 8.28. The molecule has 1 fully saturated rings. The molecule has 1 aliphatic heterocycles. The number of nitrogens with zero attached hydrogens (tertiary/aromatic N) is 1. The molecular formula is C23H27N3O5. The molecule has 8 nitrogen and oxygen atoms in total. The smallest absolute Gasteiger partial charge is 0.276 e. The Morgan fingerprint density at radius 1 is 0.839 bits per heavy atom. The number of hydrogen-bond acceptors (Lipinski definition) is 5. The maximum atomic E-state index is 12.0. The van der Waals surface area contributed by atoms with Crippen LogP contribution in [0.3, 0.4) is 0 Å². The average molecular weight is 425 g/mol. The molecule has 0 radical (unpaired) electrons. The molecule has 2 N–H and O–H groups in total. The van der Waals surface area contributed by atoms with Crippen molar-refractivity contribution in [3.63, 3.8) is 0 Å². The summed E-state index contributed by atoms with van der Waals surface area (Å²) in [6, 6.07) is 16.8. The lowest BCUT2D eigenvalue weighted by Gasteiger charge is -2.19. The fourth-order valence-corrected chi connectivity index (χ4v) is 3.12. The molecule has 31 heavy (non-hydrogen) atoms. The summed E-state index contributed by atoms with van der Waals surface area (Å²) in [5.41, 5.74) is 5.68. The molecule has 0 atom stereocenters. The van der Waals surface area contributed by atoms with E-state index in [-0.39, 0.29) is 19.1 Å². The zero-order valence-corrected chi connectivity index (χ0v) is 17.3. The molecule has 1 aliphatic rings. The first-order valence-electron chi connectivity index (χ1n) is 10.4. The van der Waals surface area contributed by atoms with Crippen molar-refractivity contribution in [2.75, 3.05) is 19.7 Å². The van der Waals surface area contributed by atoms with E-state index in [9.17, 15) is 14.4 Å². The molecule has 0 aromatic heterocycles. The first kappa shape index (κ1) is 22.1. The Morgan fingerprint density at radius 2 is 1.52 bits per heavy atom. The predicted octanol–water partition coefficient (Wildman–Crippen LogP) is 2.19. The van der Waals surface area contributed by atoms with Crippen molar-refractivity contribution in [3.05, 3.63) is 60.2 Å². The molecule has 2 aromatic rings. The van der Waals surface area contributed by atoms with Crippen LogP contribution in [0.25, 0.3) is 0 Å². The van der Waals surface area contributed by atoms with Crippen molar-refractivity contribution in [2.24, 2.45) is 0 Å². The van der Waals surface area contributed by atoms with Crippen molar-refractivity contribution in [1.29, 1.82) is 0 Å². The van der Waals surface area contributed by atoms with Gasteiger partial charge in [0.05, 0.1) is 0 Å². The van der Waals surface area contributed by atoms with Crippen LogP contribution in [0.4, 0.5) is 0 Å². The van der Waals surface area contributed by atoms with Gasteiger partial charge in [0, 0.05) is 13.0 Å². The lowest BCUT2D eigenvalue weighted by molar-refractivity contribution is -0.136. The minimum absolute atomic E-state index is 0.0292. The zero-order valence-electron chi connectivity index (χ0n) is 17.3. The number of rotatable bonds is 8. The third-order valence-corrected chi connectivity index (χ3v) is 4.79. The summed E-state index contributed by atoms with van der Waals surface area (Å²) >= 11 is 0. The van der Waals surface area contributed by atoms with E-state index in [0.29, 0.717) is 31.1 Å². The number of likely N-dealkylation sites (tertiary alicyclic amines) is 1. The molecule has 1 heterocycles. The van der Waals surface area contributed by atoms with Crippen molar-refractivity contribution < 1.29 is 23.9 Å². The lowest BCUT2D eigenvalue weighted by Crippen LogP contribution is -2.48. The number of amides is 3. The second kappa shape index (κ2) is 11.6. The van der Waals surface area contributed by atoms with Gasteiger partial charge < -0.3 is 14.4 Å². The van der Waals surface area contributed by atoms with E-state index >= 15 is 0 Å². The Labute approximate surface area is 181 Å². The van der Waals surface area contributed by atoms with Crippen LogP contribution in [-0.4, -0.2) is 42.3 Å². The molecule has 8 heteroatoms. The molecule has 0 saturated carbocycles. The maximum absolute atomic E-state index is 12.0. The third-order valence-electron chi connectivity index (χ3n) is 4.79. The van der Waals surface area contributed by atoms with Crippen LogP contribution in [0.1, 0.15) is 31.2 Å². The molecular weight excluding hydrogens is 398 g/mol. The Bertz CT molecular complexity index is 871. The SMILES string of the molecule is O=C(COc1ccc(OCc2ccccc2)cc1)NNC(=O)CN1CCCCCC1=O. The van der Waals surface area contributed by atoms with Gasteiger partial charge in [-0.05, 0) is 42.7 Å². The lowest BCUT2D eigenvalue weighted by atomic mass is 10.2. The van der Waals surface area contributed by atoms with Gasteiger partial charge in [0.1, 0.15) is 24.7 Å². The number of benzene rings is 2. The Balaban J connectivity index is 1.34. The van der Waals surface area contributed by atoms with Gasteiger partial charge in [-0.1, -0.05) is 36.8 Å². The van der Waals surface area contributed by atoms with Gasteiger partial charge in [0.15, 0.2) is 6.61 Å². The first-order chi connectivity index (χ1) is 15.1. The van der Waals surface area contributed by atoms with E-state index in [0.717, 1.165) is 24.8 Å². The van der Waals surface area contributed by atoms with Gasteiger partial charge >= 0.3 is 0 Å². The normalized spacial score (nSPS) is 13.8. The van der Waals surface area contributed by atoms with E-state index in [1.807, 2.05) is 30.3 Å². The Hall–Kier alpha value is -3.55. The molecule has 0 aliphatic carbocycles. The number of carbonyl (C=O) groups is 3. The molecule has 164 valence electrons. The summed E-state index contributed by atoms with van der Waals surface area (Å²) in [5.74, 6) is 0.224. The van der Waals surface area contributed by atoms with Crippen LogP contribution in [0, 0.1) is 0 Å². The molecule has 1 saturated heterocycles. The molecule has 0 bridgehead atoms. The predicted molar refractivity (Wildman–Crippen MR) is 114 cm³/mol. The average Bonchev–Trinajstić information content (AvgIpc) is 3.00. The minimum atomic E-state index is -0.500. The fraction of sp³-hybridized carbons (Fsp3) is 0.348. The number of carbonyl (C=O) groups excluding carboxylic acids is 3. The van der Waals surface area contributed by atoms with Crippen LogP contribution >= 0.6 is 0 Å². The van der Waals surface area contributed by atoms with E-state index in [2.05, 4.69) is 10.9 Å². The van der Waals surface area contributed by atoms with Crippen LogP contribution in [-0.2, 0) is 21.0 Å². The topological polar surface area (TPSA) is 97.0 Å². The monoisotopic (exact) mass is 425 g/mol. The quantitative estimate of drug-likeness (QED) is 0.632. The van der Waals surface area contributed by atoms with Crippen molar-refractivity contribution >= 4 is 17.7 Å². The highest BCUT2D eigenvalue weighted by molar-refractivity contribution is 5.87. The van der Waals surface area contributed by atoms with Gasteiger partial charge in [0.2, 0.25) is 5.91 Å². The molecule has 3 amide bonds. The van der Waals surface area contributed by atoms with Crippen molar-refractivity contribution in [2.45, 2.75) is 32.3 Å². The van der Waals surface area contributed by atoms with Gasteiger partial charge in [-0.2, -0.15) is 0 Å². The highest BCUT2D eigenvalue weighted by Crippen LogP contribution is 2.18. The van der Waals surface area contributed by atoms with Crippen molar-refractivity contribution in [3.8, 4) is 11.5 Å². The molecule has 2 aromatic carbocycles. The minimum Gasteiger partial charge on any atom is -0.489 e. The van der Waals surface area contributed by atoms with Crippen LogP contribution < -0.4 is 20.3 Å². The maximum Gasteiger partial charge on any atom is 0.276 e. The standard InChI is InChI=1S/C23H27N3O5/c27-21(15-26-14-6-2-5-9-23(26)29)24-25-22(28)17-31-20-12-10-19(11-13-20)30-16-18-7-3-1-4-8-18/h1,3-4,7-8,10-13H,2,5-6,9,14-17H2,(H,24,27)(H,25,28). The summed E-state index contributed by atoms with van der Waals surface area (Å²) in [6.07, 6.45) is 3.18. The Morgan fingerprint density at radius 3 is 2.26 bits per heavy atom. The third kappa shape index (κ3) is 7.65. The van der Waals surface area contributed by atoms with E-state index in [1.165, 1.54) is 4.90 Å². The summed E-state index contributed by atoms with van der Waals surface area (Å²) < 4.78 is 11.1. The zero-order chi connectivity index (χ0) is 21.9. The molecule has 0 unspecified atom stereocenters. The van der Waals surface area contributed by atoms with Crippen LogP contribution in [0.15, 0.2) is 54.6 Å². The molecule has 3 rings (SSSR count). The van der Waals surface area contributed by atoms with E-state index < -0.39 is 11.8 Å². The van der Waals surface area contributed by atoms with E-state index in [4.69, 9.17) is 9.47 Å². The summed E-state index contributed by atoms with van der Waals surface area (Å²) in [7, 11) is 0. The number of ether oxygens (including phenoxy) is 2.